The maximum atomic E-state index is 5.93. The van der Waals surface area contributed by atoms with Crippen molar-refractivity contribution >= 4 is 0 Å². The molecule has 1 aliphatic rings. The Bertz CT molecular complexity index is 325. The molecule has 0 atom stereocenters. The Labute approximate surface area is 104 Å². The van der Waals surface area contributed by atoms with Gasteiger partial charge in [0.25, 0.3) is 0 Å². The van der Waals surface area contributed by atoms with Crippen molar-refractivity contribution in [2.24, 2.45) is 11.7 Å². The van der Waals surface area contributed by atoms with Crippen molar-refractivity contribution in [1.82, 2.24) is 0 Å². The predicted octanol–water partition coefficient (Wildman–Crippen LogP) is 3.15. The van der Waals surface area contributed by atoms with Crippen LogP contribution in [0.3, 0.4) is 0 Å². The van der Waals surface area contributed by atoms with E-state index in [1.807, 2.05) is 6.92 Å². The van der Waals surface area contributed by atoms with E-state index in [1.165, 1.54) is 37.7 Å². The third-order valence-electron chi connectivity index (χ3n) is 3.65. The minimum Gasteiger partial charge on any atom is -0.494 e. The summed E-state index contributed by atoms with van der Waals surface area (Å²) in [6.45, 7) is 2.75. The zero-order valence-corrected chi connectivity index (χ0v) is 10.7. The van der Waals surface area contributed by atoms with Crippen molar-refractivity contribution in [1.29, 1.82) is 0 Å². The van der Waals surface area contributed by atoms with Gasteiger partial charge in [-0.1, -0.05) is 12.1 Å². The van der Waals surface area contributed by atoms with Gasteiger partial charge in [-0.15, -0.1) is 0 Å². The Kier molecular flexibility index (Phi) is 4.43. The summed E-state index contributed by atoms with van der Waals surface area (Å²) in [6.07, 6.45) is 6.16. The Morgan fingerprint density at radius 2 is 1.76 bits per heavy atom. The summed E-state index contributed by atoms with van der Waals surface area (Å²) in [7, 11) is 0. The normalized spacial score (nSPS) is 24.6. The third-order valence-corrected chi connectivity index (χ3v) is 3.65. The van der Waals surface area contributed by atoms with Crippen LogP contribution in [0.25, 0.3) is 0 Å². The van der Waals surface area contributed by atoms with Crippen LogP contribution in [-0.2, 0) is 6.42 Å². The van der Waals surface area contributed by atoms with Crippen molar-refractivity contribution in [3.8, 4) is 5.75 Å². The summed E-state index contributed by atoms with van der Waals surface area (Å²) in [6, 6.07) is 8.99. The Hall–Kier alpha value is -1.02. The van der Waals surface area contributed by atoms with E-state index in [0.717, 1.165) is 18.3 Å². The minimum atomic E-state index is 0.451. The molecule has 0 bridgehead atoms. The van der Waals surface area contributed by atoms with Gasteiger partial charge in [0.05, 0.1) is 6.61 Å². The van der Waals surface area contributed by atoms with Gasteiger partial charge in [-0.25, -0.2) is 0 Å². The molecule has 94 valence electrons. The summed E-state index contributed by atoms with van der Waals surface area (Å²) in [5.74, 6) is 1.80. The van der Waals surface area contributed by atoms with Crippen LogP contribution in [-0.4, -0.2) is 12.6 Å². The van der Waals surface area contributed by atoms with Gasteiger partial charge in [-0.2, -0.15) is 0 Å². The van der Waals surface area contributed by atoms with E-state index in [1.54, 1.807) is 0 Å². The van der Waals surface area contributed by atoms with E-state index in [0.29, 0.717) is 6.04 Å². The van der Waals surface area contributed by atoms with E-state index in [2.05, 4.69) is 24.3 Å². The molecule has 0 aromatic heterocycles. The van der Waals surface area contributed by atoms with Gasteiger partial charge in [0.1, 0.15) is 5.75 Å². The molecular formula is C15H23NO. The first-order valence-corrected chi connectivity index (χ1v) is 6.75. The summed E-state index contributed by atoms with van der Waals surface area (Å²) in [5.41, 5.74) is 7.35. The highest BCUT2D eigenvalue weighted by molar-refractivity contribution is 5.27. The molecule has 0 amide bonds. The van der Waals surface area contributed by atoms with Gasteiger partial charge in [-0.3, -0.25) is 0 Å². The van der Waals surface area contributed by atoms with Crippen LogP contribution in [0.2, 0.25) is 0 Å². The first kappa shape index (κ1) is 12.4. The van der Waals surface area contributed by atoms with Gasteiger partial charge in [-0.05, 0) is 62.6 Å². The zero-order chi connectivity index (χ0) is 12.1. The lowest BCUT2D eigenvalue weighted by atomic mass is 9.83. The molecule has 0 saturated heterocycles. The van der Waals surface area contributed by atoms with Gasteiger partial charge in [0.15, 0.2) is 0 Å². The lowest BCUT2D eigenvalue weighted by Gasteiger charge is -2.26. The highest BCUT2D eigenvalue weighted by Crippen LogP contribution is 2.27. The maximum Gasteiger partial charge on any atom is 0.119 e. The molecule has 0 unspecified atom stereocenters. The van der Waals surface area contributed by atoms with Crippen molar-refractivity contribution in [3.05, 3.63) is 29.8 Å². The van der Waals surface area contributed by atoms with Crippen molar-refractivity contribution in [2.75, 3.05) is 6.61 Å². The van der Waals surface area contributed by atoms with Gasteiger partial charge < -0.3 is 10.5 Å². The van der Waals surface area contributed by atoms with E-state index < -0.39 is 0 Å². The van der Waals surface area contributed by atoms with Gasteiger partial charge in [0, 0.05) is 6.04 Å². The molecule has 0 radical (unpaired) electrons. The number of hydrogen-bond donors (Lipinski definition) is 1. The van der Waals surface area contributed by atoms with E-state index >= 15 is 0 Å². The predicted molar refractivity (Wildman–Crippen MR) is 71.2 cm³/mol. The molecule has 0 aliphatic heterocycles. The van der Waals surface area contributed by atoms with Gasteiger partial charge in [0.2, 0.25) is 0 Å². The van der Waals surface area contributed by atoms with Crippen LogP contribution < -0.4 is 10.5 Å². The first-order valence-electron chi connectivity index (χ1n) is 6.75. The van der Waals surface area contributed by atoms with Crippen molar-refractivity contribution < 1.29 is 4.74 Å². The second kappa shape index (κ2) is 6.06. The molecule has 2 N–H and O–H groups in total. The Morgan fingerprint density at radius 1 is 1.12 bits per heavy atom. The second-order valence-corrected chi connectivity index (χ2v) is 5.06. The monoisotopic (exact) mass is 233 g/mol. The van der Waals surface area contributed by atoms with Crippen LogP contribution in [0, 0.1) is 5.92 Å². The minimum absolute atomic E-state index is 0.451. The number of benzene rings is 1. The molecular weight excluding hydrogens is 210 g/mol. The highest BCUT2D eigenvalue weighted by Gasteiger charge is 2.18. The molecule has 1 aromatic rings. The van der Waals surface area contributed by atoms with Crippen molar-refractivity contribution in [3.63, 3.8) is 0 Å². The van der Waals surface area contributed by atoms with Crippen LogP contribution in [0.4, 0.5) is 0 Å². The molecule has 2 nitrogen and oxygen atoms in total. The molecule has 1 saturated carbocycles. The molecule has 0 heterocycles. The largest absolute Gasteiger partial charge is 0.494 e. The standard InChI is InChI=1S/C15H23NO/c1-2-17-15-9-5-13(6-10-15)11-12-3-7-14(16)8-4-12/h5-6,9-10,12,14H,2-4,7-8,11,16H2,1H3. The molecule has 1 fully saturated rings. The Morgan fingerprint density at radius 3 is 2.35 bits per heavy atom. The fourth-order valence-corrected chi connectivity index (χ4v) is 2.61. The zero-order valence-electron chi connectivity index (χ0n) is 10.7. The summed E-state index contributed by atoms with van der Waals surface area (Å²) in [5, 5.41) is 0. The van der Waals surface area contributed by atoms with Crippen LogP contribution in [0.15, 0.2) is 24.3 Å². The molecule has 2 heteroatoms. The summed E-state index contributed by atoms with van der Waals surface area (Å²) < 4.78 is 5.45. The highest BCUT2D eigenvalue weighted by atomic mass is 16.5. The molecule has 1 aliphatic carbocycles. The number of hydrogen-bond acceptors (Lipinski definition) is 2. The summed E-state index contributed by atoms with van der Waals surface area (Å²) >= 11 is 0. The fraction of sp³-hybridized carbons (Fsp3) is 0.600. The number of nitrogens with two attached hydrogens (primary N) is 1. The average Bonchev–Trinajstić information content (AvgIpc) is 2.35. The fourth-order valence-electron chi connectivity index (χ4n) is 2.61. The van der Waals surface area contributed by atoms with E-state index in [4.69, 9.17) is 10.5 Å². The van der Waals surface area contributed by atoms with E-state index in [9.17, 15) is 0 Å². The molecule has 1 aromatic carbocycles. The molecule has 17 heavy (non-hydrogen) atoms. The van der Waals surface area contributed by atoms with Crippen LogP contribution >= 0.6 is 0 Å². The SMILES string of the molecule is CCOc1ccc(CC2CCC(N)CC2)cc1. The average molecular weight is 233 g/mol. The molecule has 0 spiro atoms. The van der Waals surface area contributed by atoms with Crippen molar-refractivity contribution in [2.45, 2.75) is 45.1 Å². The second-order valence-electron chi connectivity index (χ2n) is 5.06. The first-order chi connectivity index (χ1) is 8.28. The quantitative estimate of drug-likeness (QED) is 0.867. The van der Waals surface area contributed by atoms with Gasteiger partial charge >= 0.3 is 0 Å². The van der Waals surface area contributed by atoms with E-state index in [-0.39, 0.29) is 0 Å². The smallest absolute Gasteiger partial charge is 0.119 e. The van der Waals surface area contributed by atoms with Crippen LogP contribution in [0.1, 0.15) is 38.2 Å². The molecule has 2 rings (SSSR count). The lowest BCUT2D eigenvalue weighted by molar-refractivity contribution is 0.324. The topological polar surface area (TPSA) is 35.2 Å². The lowest BCUT2D eigenvalue weighted by Crippen LogP contribution is -2.27. The maximum absolute atomic E-state index is 5.93. The number of ether oxygens (including phenoxy) is 1. The van der Waals surface area contributed by atoms with Crippen LogP contribution in [0.5, 0.6) is 5.75 Å². The Balaban J connectivity index is 1.86. The third kappa shape index (κ3) is 3.74. The number of rotatable bonds is 4. The summed E-state index contributed by atoms with van der Waals surface area (Å²) in [4.78, 5) is 0.